The highest BCUT2D eigenvalue weighted by Crippen LogP contribution is 2.21. The lowest BCUT2D eigenvalue weighted by Crippen LogP contribution is -2.60. The van der Waals surface area contributed by atoms with Gasteiger partial charge in [-0.05, 0) is 38.5 Å². The highest BCUT2D eigenvalue weighted by atomic mass is 79.9. The van der Waals surface area contributed by atoms with E-state index in [0.717, 1.165) is 36.2 Å². The first kappa shape index (κ1) is 16.5. The zero-order valence-corrected chi connectivity index (χ0v) is 14.5. The van der Waals surface area contributed by atoms with Gasteiger partial charge in [0.2, 0.25) is 5.91 Å². The monoisotopic (exact) mass is 353 g/mol. The molecule has 1 saturated heterocycles. The van der Waals surface area contributed by atoms with Crippen LogP contribution in [0.25, 0.3) is 0 Å². The predicted molar refractivity (Wildman–Crippen MR) is 89.2 cm³/mol. The molecule has 1 aromatic rings. The molecule has 1 amide bonds. The molecule has 2 N–H and O–H groups in total. The van der Waals surface area contributed by atoms with E-state index in [-0.39, 0.29) is 11.9 Å². The van der Waals surface area contributed by atoms with Gasteiger partial charge in [-0.2, -0.15) is 0 Å². The van der Waals surface area contributed by atoms with Crippen LogP contribution in [-0.4, -0.2) is 42.5 Å². The number of halogens is 1. The number of piperazine rings is 1. The van der Waals surface area contributed by atoms with E-state index in [9.17, 15) is 4.79 Å². The number of hydrogen-bond acceptors (Lipinski definition) is 3. The van der Waals surface area contributed by atoms with Crippen molar-refractivity contribution in [2.45, 2.75) is 32.4 Å². The summed E-state index contributed by atoms with van der Waals surface area (Å²) in [6.07, 6.45) is 0. The predicted octanol–water partition coefficient (Wildman–Crippen LogP) is 2.31. The van der Waals surface area contributed by atoms with Crippen molar-refractivity contribution in [1.29, 1.82) is 0 Å². The lowest BCUT2D eigenvalue weighted by Gasteiger charge is -2.40. The molecular weight excluding hydrogens is 330 g/mol. The van der Waals surface area contributed by atoms with E-state index in [2.05, 4.69) is 31.5 Å². The molecule has 0 spiro atoms. The molecule has 1 aliphatic rings. The Morgan fingerprint density at radius 2 is 2.05 bits per heavy atom. The number of amides is 1. The van der Waals surface area contributed by atoms with Gasteiger partial charge in [0.1, 0.15) is 0 Å². The van der Waals surface area contributed by atoms with E-state index < -0.39 is 5.54 Å². The van der Waals surface area contributed by atoms with Gasteiger partial charge in [0.25, 0.3) is 0 Å². The van der Waals surface area contributed by atoms with Gasteiger partial charge in [0.15, 0.2) is 0 Å². The minimum atomic E-state index is -0.484. The molecular formula is C16H24BrN3O. The van der Waals surface area contributed by atoms with Gasteiger partial charge >= 0.3 is 0 Å². The molecule has 0 unspecified atom stereocenters. The van der Waals surface area contributed by atoms with Crippen LogP contribution in [0, 0.1) is 0 Å². The Kier molecular flexibility index (Phi) is 5.41. The number of rotatable bonds is 4. The van der Waals surface area contributed by atoms with Crippen molar-refractivity contribution < 1.29 is 4.79 Å². The summed E-state index contributed by atoms with van der Waals surface area (Å²) >= 11 is 3.47. The minimum Gasteiger partial charge on any atom is -0.348 e. The van der Waals surface area contributed by atoms with Gasteiger partial charge in [-0.3, -0.25) is 9.69 Å². The number of carbonyl (C=O) groups excluding carboxylic acids is 1. The second-order valence-corrected chi connectivity index (χ2v) is 6.96. The number of carbonyl (C=O) groups is 1. The molecule has 5 heteroatoms. The molecule has 1 heterocycles. The highest BCUT2D eigenvalue weighted by Gasteiger charge is 2.35. The average Bonchev–Trinajstić information content (AvgIpc) is 2.48. The first-order chi connectivity index (χ1) is 9.91. The maximum atomic E-state index is 12.6. The number of benzene rings is 1. The van der Waals surface area contributed by atoms with Crippen LogP contribution in [0.1, 0.15) is 32.4 Å². The maximum absolute atomic E-state index is 12.6. The lowest BCUT2D eigenvalue weighted by atomic mass is 9.99. The smallest absolute Gasteiger partial charge is 0.240 e. The Morgan fingerprint density at radius 3 is 2.67 bits per heavy atom. The molecule has 21 heavy (non-hydrogen) atoms. The molecule has 0 aliphatic carbocycles. The van der Waals surface area contributed by atoms with Gasteiger partial charge in [-0.25, -0.2) is 0 Å². The molecule has 0 radical (unpaired) electrons. The molecule has 4 nitrogen and oxygen atoms in total. The molecule has 1 fully saturated rings. The topological polar surface area (TPSA) is 44.4 Å². The van der Waals surface area contributed by atoms with Crippen LogP contribution in [-0.2, 0) is 4.79 Å². The second kappa shape index (κ2) is 6.90. The Morgan fingerprint density at radius 1 is 1.38 bits per heavy atom. The third-order valence-electron chi connectivity index (χ3n) is 4.16. The summed E-state index contributed by atoms with van der Waals surface area (Å²) in [5.74, 6) is 0.0804. The highest BCUT2D eigenvalue weighted by molar-refractivity contribution is 9.10. The fourth-order valence-corrected chi connectivity index (χ4v) is 3.02. The molecule has 1 atom stereocenters. The lowest BCUT2D eigenvalue weighted by molar-refractivity contribution is -0.132. The zero-order chi connectivity index (χ0) is 15.5. The van der Waals surface area contributed by atoms with Crippen LogP contribution >= 0.6 is 15.9 Å². The summed E-state index contributed by atoms with van der Waals surface area (Å²) < 4.78 is 1.03. The van der Waals surface area contributed by atoms with Crippen molar-refractivity contribution in [3.8, 4) is 0 Å². The van der Waals surface area contributed by atoms with Gasteiger partial charge < -0.3 is 10.6 Å². The Labute approximate surface area is 135 Å². The third kappa shape index (κ3) is 4.05. The van der Waals surface area contributed by atoms with E-state index in [1.165, 1.54) is 0 Å². The number of nitrogens with zero attached hydrogens (tertiary/aromatic N) is 1. The molecule has 2 rings (SSSR count). The van der Waals surface area contributed by atoms with Crippen molar-refractivity contribution in [2.75, 3.05) is 26.2 Å². The van der Waals surface area contributed by atoms with Gasteiger partial charge in [-0.15, -0.1) is 0 Å². The zero-order valence-electron chi connectivity index (χ0n) is 12.9. The van der Waals surface area contributed by atoms with E-state index in [4.69, 9.17) is 0 Å². The summed E-state index contributed by atoms with van der Waals surface area (Å²) in [6, 6.07) is 8.06. The van der Waals surface area contributed by atoms with E-state index >= 15 is 0 Å². The second-order valence-electron chi connectivity index (χ2n) is 6.05. The Hall–Kier alpha value is -0.910. The van der Waals surface area contributed by atoms with Crippen molar-refractivity contribution in [3.05, 3.63) is 34.3 Å². The Bertz CT molecular complexity index is 498. The minimum absolute atomic E-state index is 0.00260. The van der Waals surface area contributed by atoms with Crippen LogP contribution in [0.3, 0.4) is 0 Å². The van der Waals surface area contributed by atoms with Crippen molar-refractivity contribution in [3.63, 3.8) is 0 Å². The van der Waals surface area contributed by atoms with Crippen LogP contribution in [0.2, 0.25) is 0 Å². The van der Waals surface area contributed by atoms with Gasteiger partial charge in [0, 0.05) is 30.7 Å². The van der Waals surface area contributed by atoms with Gasteiger partial charge in [-0.1, -0.05) is 28.1 Å². The normalized spacial score (nSPS) is 18.3. The standard InChI is InChI=1S/C16H24BrN3O/c1-12(13-5-4-6-14(17)11-13)19-15(21)16(2,3)20-9-7-18-8-10-20/h4-6,11-12,18H,7-10H2,1-3H3,(H,19,21)/t12-/m1/s1. The average molecular weight is 354 g/mol. The van der Waals surface area contributed by atoms with Crippen LogP contribution in [0.4, 0.5) is 0 Å². The first-order valence-electron chi connectivity index (χ1n) is 7.43. The largest absolute Gasteiger partial charge is 0.348 e. The van der Waals surface area contributed by atoms with E-state index in [1.54, 1.807) is 0 Å². The summed E-state index contributed by atoms with van der Waals surface area (Å²) in [5.41, 5.74) is 0.622. The van der Waals surface area contributed by atoms with Gasteiger partial charge in [0.05, 0.1) is 11.6 Å². The van der Waals surface area contributed by atoms with E-state index in [0.29, 0.717) is 0 Å². The molecule has 0 aromatic heterocycles. The van der Waals surface area contributed by atoms with E-state index in [1.807, 2.05) is 45.0 Å². The number of nitrogens with one attached hydrogen (secondary N) is 2. The third-order valence-corrected chi connectivity index (χ3v) is 4.65. The molecule has 1 aromatic carbocycles. The van der Waals surface area contributed by atoms with Crippen LogP contribution in [0.15, 0.2) is 28.7 Å². The fraction of sp³-hybridized carbons (Fsp3) is 0.562. The fourth-order valence-electron chi connectivity index (χ4n) is 2.60. The van der Waals surface area contributed by atoms with Crippen LogP contribution < -0.4 is 10.6 Å². The maximum Gasteiger partial charge on any atom is 0.240 e. The van der Waals surface area contributed by atoms with Crippen LogP contribution in [0.5, 0.6) is 0 Å². The molecule has 0 saturated carbocycles. The Balaban J connectivity index is 2.02. The SMILES string of the molecule is C[C@@H](NC(=O)C(C)(C)N1CCNCC1)c1cccc(Br)c1. The summed E-state index contributed by atoms with van der Waals surface area (Å²) in [7, 11) is 0. The molecule has 0 bridgehead atoms. The summed E-state index contributed by atoms with van der Waals surface area (Å²) in [4.78, 5) is 14.9. The first-order valence-corrected chi connectivity index (χ1v) is 8.23. The quantitative estimate of drug-likeness (QED) is 0.872. The summed E-state index contributed by atoms with van der Waals surface area (Å²) in [5, 5.41) is 6.46. The van der Waals surface area contributed by atoms with Crippen molar-refractivity contribution in [2.24, 2.45) is 0 Å². The summed E-state index contributed by atoms with van der Waals surface area (Å²) in [6.45, 7) is 9.73. The van der Waals surface area contributed by atoms with Crippen molar-refractivity contribution in [1.82, 2.24) is 15.5 Å². The number of hydrogen-bond donors (Lipinski definition) is 2. The molecule has 1 aliphatic heterocycles. The molecule has 116 valence electrons. The van der Waals surface area contributed by atoms with Crippen molar-refractivity contribution >= 4 is 21.8 Å².